The number of hydrogen-bond acceptors (Lipinski definition) is 3. The molecule has 19 heavy (non-hydrogen) atoms. The number of anilines is 1. The quantitative estimate of drug-likeness (QED) is 0.874. The predicted molar refractivity (Wildman–Crippen MR) is 78.2 cm³/mol. The summed E-state index contributed by atoms with van der Waals surface area (Å²) < 4.78 is 0. The molecule has 1 saturated carbocycles. The molecule has 3 N–H and O–H groups in total. The third kappa shape index (κ3) is 2.63. The average Bonchev–Trinajstić information content (AvgIpc) is 2.90. The highest BCUT2D eigenvalue weighted by Gasteiger charge is 2.30. The number of benzene rings is 1. The second-order valence-corrected chi connectivity index (χ2v) is 5.99. The van der Waals surface area contributed by atoms with Gasteiger partial charge in [0.1, 0.15) is 0 Å². The fourth-order valence-corrected chi connectivity index (χ4v) is 3.15. The lowest BCUT2D eigenvalue weighted by Crippen LogP contribution is -2.36. The van der Waals surface area contributed by atoms with Gasteiger partial charge in [-0.1, -0.05) is 18.6 Å². The molecule has 2 atom stereocenters. The number of aliphatic hydroxyl groups is 1. The van der Waals surface area contributed by atoms with Crippen molar-refractivity contribution in [3.8, 4) is 0 Å². The van der Waals surface area contributed by atoms with Crippen molar-refractivity contribution in [2.75, 3.05) is 18.0 Å². The molecule has 1 aliphatic carbocycles. The predicted octanol–water partition coefficient (Wildman–Crippen LogP) is 2.45. The standard InChI is InChI=1S/C16H24N2O/c17-15(16(19)13-4-3-5-13)12-6-8-14(9-7-12)18-10-1-2-11-18/h6-9,13,15-16,19H,1-5,10-11,17H2/t15-,16+/m0/s1. The number of nitrogens with zero attached hydrogens (tertiary/aromatic N) is 1. The molecule has 0 spiro atoms. The molecule has 0 unspecified atom stereocenters. The first-order chi connectivity index (χ1) is 9.25. The largest absolute Gasteiger partial charge is 0.391 e. The molecule has 2 aliphatic rings. The first kappa shape index (κ1) is 12.9. The molecule has 3 rings (SSSR count). The van der Waals surface area contributed by atoms with Crippen LogP contribution in [0.1, 0.15) is 43.7 Å². The van der Waals surface area contributed by atoms with E-state index in [9.17, 15) is 5.11 Å². The van der Waals surface area contributed by atoms with Crippen LogP contribution in [0, 0.1) is 5.92 Å². The third-order valence-corrected chi connectivity index (χ3v) is 4.75. The topological polar surface area (TPSA) is 49.5 Å². The fourth-order valence-electron chi connectivity index (χ4n) is 3.15. The van der Waals surface area contributed by atoms with Crippen LogP contribution in [0.2, 0.25) is 0 Å². The van der Waals surface area contributed by atoms with Crippen LogP contribution >= 0.6 is 0 Å². The minimum atomic E-state index is -0.383. The second-order valence-electron chi connectivity index (χ2n) is 5.99. The van der Waals surface area contributed by atoms with Gasteiger partial charge in [-0.15, -0.1) is 0 Å². The van der Waals surface area contributed by atoms with Gasteiger partial charge in [0.2, 0.25) is 0 Å². The van der Waals surface area contributed by atoms with Crippen molar-refractivity contribution >= 4 is 5.69 Å². The maximum absolute atomic E-state index is 10.2. The summed E-state index contributed by atoms with van der Waals surface area (Å²) in [5.41, 5.74) is 8.53. The van der Waals surface area contributed by atoms with Gasteiger partial charge in [0.25, 0.3) is 0 Å². The van der Waals surface area contributed by atoms with E-state index in [4.69, 9.17) is 5.73 Å². The summed E-state index contributed by atoms with van der Waals surface area (Å²) in [4.78, 5) is 2.41. The van der Waals surface area contributed by atoms with Crippen molar-refractivity contribution in [3.63, 3.8) is 0 Å². The number of hydrogen-bond donors (Lipinski definition) is 2. The Hall–Kier alpha value is -1.06. The van der Waals surface area contributed by atoms with Gasteiger partial charge >= 0.3 is 0 Å². The van der Waals surface area contributed by atoms with E-state index in [-0.39, 0.29) is 12.1 Å². The van der Waals surface area contributed by atoms with E-state index in [1.807, 2.05) is 0 Å². The Balaban J connectivity index is 1.67. The van der Waals surface area contributed by atoms with Crippen LogP contribution in [-0.4, -0.2) is 24.3 Å². The van der Waals surface area contributed by atoms with Gasteiger partial charge in [-0.3, -0.25) is 0 Å². The van der Waals surface area contributed by atoms with Crippen molar-refractivity contribution in [1.82, 2.24) is 0 Å². The van der Waals surface area contributed by atoms with Crippen LogP contribution in [0.3, 0.4) is 0 Å². The van der Waals surface area contributed by atoms with Gasteiger partial charge in [-0.2, -0.15) is 0 Å². The molecule has 0 amide bonds. The van der Waals surface area contributed by atoms with Crippen LogP contribution in [0.4, 0.5) is 5.69 Å². The van der Waals surface area contributed by atoms with Crippen LogP contribution in [0.5, 0.6) is 0 Å². The molecule has 0 radical (unpaired) electrons. The summed E-state index contributed by atoms with van der Waals surface area (Å²) in [5.74, 6) is 0.410. The fraction of sp³-hybridized carbons (Fsp3) is 0.625. The average molecular weight is 260 g/mol. The smallest absolute Gasteiger partial charge is 0.0760 e. The van der Waals surface area contributed by atoms with Gasteiger partial charge in [-0.05, 0) is 49.3 Å². The van der Waals surface area contributed by atoms with E-state index < -0.39 is 0 Å². The lowest BCUT2D eigenvalue weighted by molar-refractivity contribution is 0.0414. The van der Waals surface area contributed by atoms with E-state index in [1.54, 1.807) is 0 Å². The summed E-state index contributed by atoms with van der Waals surface area (Å²) in [6.45, 7) is 2.33. The molecular formula is C16H24N2O. The Labute approximate surface area is 115 Å². The zero-order chi connectivity index (χ0) is 13.2. The Morgan fingerprint density at radius 3 is 2.21 bits per heavy atom. The van der Waals surface area contributed by atoms with Gasteiger partial charge in [0.15, 0.2) is 0 Å². The van der Waals surface area contributed by atoms with E-state index >= 15 is 0 Å². The summed E-state index contributed by atoms with van der Waals surface area (Å²) in [6.07, 6.45) is 5.69. The summed E-state index contributed by atoms with van der Waals surface area (Å²) in [6, 6.07) is 8.22. The van der Waals surface area contributed by atoms with E-state index in [2.05, 4.69) is 29.2 Å². The van der Waals surface area contributed by atoms with Crippen molar-refractivity contribution in [2.45, 2.75) is 44.2 Å². The summed E-state index contributed by atoms with van der Waals surface area (Å²) in [7, 11) is 0. The molecule has 104 valence electrons. The summed E-state index contributed by atoms with van der Waals surface area (Å²) in [5, 5.41) is 10.2. The molecule has 3 nitrogen and oxygen atoms in total. The van der Waals surface area contributed by atoms with Gasteiger partial charge in [-0.25, -0.2) is 0 Å². The first-order valence-electron chi connectivity index (χ1n) is 7.54. The van der Waals surface area contributed by atoms with Gasteiger partial charge in [0.05, 0.1) is 12.1 Å². The number of rotatable bonds is 4. The Bertz CT molecular complexity index is 407. The van der Waals surface area contributed by atoms with E-state index in [0.717, 1.165) is 31.5 Å². The van der Waals surface area contributed by atoms with Gasteiger partial charge < -0.3 is 15.7 Å². The molecule has 1 aromatic rings. The third-order valence-electron chi connectivity index (χ3n) is 4.75. The zero-order valence-corrected chi connectivity index (χ0v) is 11.5. The number of nitrogens with two attached hydrogens (primary N) is 1. The number of aliphatic hydroxyl groups excluding tert-OH is 1. The van der Waals surface area contributed by atoms with E-state index in [1.165, 1.54) is 24.9 Å². The van der Waals surface area contributed by atoms with Crippen molar-refractivity contribution in [3.05, 3.63) is 29.8 Å². The molecule has 1 saturated heterocycles. The highest BCUT2D eigenvalue weighted by Crippen LogP contribution is 2.34. The van der Waals surface area contributed by atoms with Crippen LogP contribution in [0.25, 0.3) is 0 Å². The Morgan fingerprint density at radius 2 is 1.68 bits per heavy atom. The van der Waals surface area contributed by atoms with Crippen LogP contribution in [-0.2, 0) is 0 Å². The first-order valence-corrected chi connectivity index (χ1v) is 7.54. The second kappa shape index (κ2) is 5.51. The molecule has 1 aromatic carbocycles. The van der Waals surface area contributed by atoms with Crippen molar-refractivity contribution in [2.24, 2.45) is 11.7 Å². The molecule has 2 fully saturated rings. The highest BCUT2D eigenvalue weighted by molar-refractivity contribution is 5.48. The maximum atomic E-state index is 10.2. The molecule has 1 heterocycles. The minimum absolute atomic E-state index is 0.238. The molecule has 0 aromatic heterocycles. The lowest BCUT2D eigenvalue weighted by atomic mass is 9.77. The normalized spacial score (nSPS) is 23.2. The van der Waals surface area contributed by atoms with Crippen LogP contribution in [0.15, 0.2) is 24.3 Å². The Kier molecular flexibility index (Phi) is 3.76. The molecular weight excluding hydrogens is 236 g/mol. The molecule has 3 heteroatoms. The molecule has 0 bridgehead atoms. The van der Waals surface area contributed by atoms with E-state index in [0.29, 0.717) is 5.92 Å². The zero-order valence-electron chi connectivity index (χ0n) is 11.5. The highest BCUT2D eigenvalue weighted by atomic mass is 16.3. The monoisotopic (exact) mass is 260 g/mol. The SMILES string of the molecule is N[C@@H](c1ccc(N2CCCC2)cc1)[C@H](O)C1CCC1. The Morgan fingerprint density at radius 1 is 1.05 bits per heavy atom. The minimum Gasteiger partial charge on any atom is -0.391 e. The maximum Gasteiger partial charge on any atom is 0.0760 e. The van der Waals surface area contributed by atoms with Crippen LogP contribution < -0.4 is 10.6 Å². The summed E-state index contributed by atoms with van der Waals surface area (Å²) >= 11 is 0. The van der Waals surface area contributed by atoms with Crippen molar-refractivity contribution in [1.29, 1.82) is 0 Å². The van der Waals surface area contributed by atoms with Gasteiger partial charge in [0, 0.05) is 18.8 Å². The van der Waals surface area contributed by atoms with Crippen molar-refractivity contribution < 1.29 is 5.11 Å². The lowest BCUT2D eigenvalue weighted by Gasteiger charge is -2.34. The molecule has 1 aliphatic heterocycles.